The average Bonchev–Trinajstić information content (AvgIpc) is 2.96. The van der Waals surface area contributed by atoms with E-state index in [1.807, 2.05) is 0 Å². The molecule has 0 spiro atoms. The zero-order valence-electron chi connectivity index (χ0n) is 11.9. The van der Waals surface area contributed by atoms with Gasteiger partial charge in [0.25, 0.3) is 0 Å². The second-order valence-electron chi connectivity index (χ2n) is 4.77. The van der Waals surface area contributed by atoms with E-state index in [-0.39, 0.29) is 22.7 Å². The van der Waals surface area contributed by atoms with E-state index in [9.17, 15) is 14.7 Å². The zero-order chi connectivity index (χ0) is 16.6. The lowest BCUT2D eigenvalue weighted by molar-refractivity contribution is -0.312. The van der Waals surface area contributed by atoms with Crippen LogP contribution >= 0.6 is 15.9 Å². The second-order valence-corrected chi connectivity index (χ2v) is 5.55. The minimum Gasteiger partial charge on any atom is -0.546 e. The van der Waals surface area contributed by atoms with Crippen molar-refractivity contribution in [2.24, 2.45) is 0 Å². The van der Waals surface area contributed by atoms with E-state index in [1.54, 1.807) is 36.4 Å². The molecule has 0 unspecified atom stereocenters. The van der Waals surface area contributed by atoms with E-state index in [1.165, 1.54) is 6.92 Å². The molecule has 0 aliphatic carbocycles. The molecular formula is C16H10BrO6-. The van der Waals surface area contributed by atoms with E-state index in [0.717, 1.165) is 0 Å². The lowest BCUT2D eigenvalue weighted by Gasteiger charge is -2.16. The van der Waals surface area contributed by atoms with Gasteiger partial charge in [0.2, 0.25) is 16.9 Å². The fourth-order valence-corrected chi connectivity index (χ4v) is 2.36. The first kappa shape index (κ1) is 15.4. The molecule has 0 bridgehead atoms. The first-order valence-corrected chi connectivity index (χ1v) is 7.45. The summed E-state index contributed by atoms with van der Waals surface area (Å²) in [5, 5.41) is 11.2. The molecule has 0 saturated heterocycles. The summed E-state index contributed by atoms with van der Waals surface area (Å²) >= 11 is 3.16. The molecular weight excluding hydrogens is 368 g/mol. The summed E-state index contributed by atoms with van der Waals surface area (Å²) in [6.45, 7) is 1.27. The van der Waals surface area contributed by atoms with Gasteiger partial charge in [0.15, 0.2) is 10.4 Å². The van der Waals surface area contributed by atoms with Gasteiger partial charge in [-0.05, 0) is 47.1 Å². The minimum atomic E-state index is -1.44. The van der Waals surface area contributed by atoms with Crippen LogP contribution in [0.3, 0.4) is 0 Å². The van der Waals surface area contributed by atoms with Crippen LogP contribution in [0, 0.1) is 0 Å². The monoisotopic (exact) mass is 377 g/mol. The number of para-hydroxylation sites is 1. The molecule has 1 aromatic carbocycles. The summed E-state index contributed by atoms with van der Waals surface area (Å²) in [6.07, 6.45) is -1.32. The van der Waals surface area contributed by atoms with Crippen molar-refractivity contribution >= 4 is 32.9 Å². The van der Waals surface area contributed by atoms with Crippen molar-refractivity contribution in [3.8, 4) is 17.3 Å². The Morgan fingerprint density at radius 1 is 1.22 bits per heavy atom. The number of rotatable bonds is 4. The van der Waals surface area contributed by atoms with E-state index in [0.29, 0.717) is 10.3 Å². The maximum atomic E-state index is 12.6. The van der Waals surface area contributed by atoms with Crippen LogP contribution in [0.2, 0.25) is 0 Å². The number of aliphatic carboxylic acids is 1. The van der Waals surface area contributed by atoms with Gasteiger partial charge in [0.1, 0.15) is 11.7 Å². The first-order valence-electron chi connectivity index (χ1n) is 6.66. The number of hydrogen-bond donors (Lipinski definition) is 0. The Bertz CT molecular complexity index is 939. The molecule has 0 saturated carbocycles. The number of halogens is 1. The Kier molecular flexibility index (Phi) is 3.96. The number of furan rings is 1. The maximum absolute atomic E-state index is 12.6. The standard InChI is InChI=1S/C16H11BrO6/c1-8(16(19)20)21-15-13(18)9-4-2-3-5-10(9)23-14(15)11-6-7-12(17)22-11/h2-8H,1H3,(H,19,20)/p-1/t8-/m0/s1. The van der Waals surface area contributed by atoms with Crippen molar-refractivity contribution in [1.82, 2.24) is 0 Å². The van der Waals surface area contributed by atoms with Crippen LogP contribution in [0.1, 0.15) is 6.92 Å². The molecule has 6 nitrogen and oxygen atoms in total. The highest BCUT2D eigenvalue weighted by molar-refractivity contribution is 9.10. The van der Waals surface area contributed by atoms with Gasteiger partial charge in [-0.2, -0.15) is 0 Å². The summed E-state index contributed by atoms with van der Waals surface area (Å²) in [5.74, 6) is -1.42. The van der Waals surface area contributed by atoms with Crippen LogP contribution in [0.5, 0.6) is 5.75 Å². The van der Waals surface area contributed by atoms with Crippen molar-refractivity contribution < 1.29 is 23.5 Å². The molecule has 118 valence electrons. The average molecular weight is 378 g/mol. The van der Waals surface area contributed by atoms with Gasteiger partial charge >= 0.3 is 0 Å². The Morgan fingerprint density at radius 3 is 2.61 bits per heavy atom. The van der Waals surface area contributed by atoms with E-state index in [2.05, 4.69) is 15.9 Å². The molecule has 2 heterocycles. The molecule has 7 heteroatoms. The lowest BCUT2D eigenvalue weighted by atomic mass is 10.2. The molecule has 0 amide bonds. The van der Waals surface area contributed by atoms with Gasteiger partial charge in [-0.1, -0.05) is 12.1 Å². The van der Waals surface area contributed by atoms with Gasteiger partial charge < -0.3 is 23.5 Å². The quantitative estimate of drug-likeness (QED) is 0.692. The van der Waals surface area contributed by atoms with E-state index in [4.69, 9.17) is 13.6 Å². The van der Waals surface area contributed by atoms with Crippen molar-refractivity contribution in [2.45, 2.75) is 13.0 Å². The van der Waals surface area contributed by atoms with Gasteiger partial charge in [-0.3, -0.25) is 4.79 Å². The van der Waals surface area contributed by atoms with Gasteiger partial charge in [0.05, 0.1) is 11.4 Å². The summed E-state index contributed by atoms with van der Waals surface area (Å²) in [6, 6.07) is 9.79. The van der Waals surface area contributed by atoms with Gasteiger partial charge in [0, 0.05) is 0 Å². The molecule has 0 fully saturated rings. The minimum absolute atomic E-state index is 0.0208. The van der Waals surface area contributed by atoms with Crippen LogP contribution in [-0.4, -0.2) is 12.1 Å². The van der Waals surface area contributed by atoms with Crippen molar-refractivity contribution in [3.05, 3.63) is 51.3 Å². The number of hydrogen-bond acceptors (Lipinski definition) is 6. The van der Waals surface area contributed by atoms with E-state index < -0.39 is 17.5 Å². The Hall–Kier alpha value is -2.54. The third-order valence-corrected chi connectivity index (χ3v) is 3.61. The molecule has 23 heavy (non-hydrogen) atoms. The van der Waals surface area contributed by atoms with Gasteiger partial charge in [-0.25, -0.2) is 0 Å². The predicted octanol–water partition coefficient (Wildman–Crippen LogP) is 2.33. The van der Waals surface area contributed by atoms with Crippen molar-refractivity contribution in [3.63, 3.8) is 0 Å². The topological polar surface area (TPSA) is 92.7 Å². The SMILES string of the molecule is C[C@H](Oc1c(-c2ccc(Br)o2)oc2ccccc2c1=O)C(=O)[O-]. The normalized spacial score (nSPS) is 12.3. The number of fused-ring (bicyclic) bond motifs is 1. The van der Waals surface area contributed by atoms with Crippen molar-refractivity contribution in [2.75, 3.05) is 0 Å². The molecule has 3 rings (SSSR count). The van der Waals surface area contributed by atoms with Crippen LogP contribution in [0.4, 0.5) is 0 Å². The fourth-order valence-electron chi connectivity index (χ4n) is 2.06. The number of benzene rings is 1. The lowest BCUT2D eigenvalue weighted by Crippen LogP contribution is -2.38. The largest absolute Gasteiger partial charge is 0.546 e. The Morgan fingerprint density at radius 2 is 1.96 bits per heavy atom. The van der Waals surface area contributed by atoms with Crippen LogP contribution in [0.25, 0.3) is 22.5 Å². The predicted molar refractivity (Wildman–Crippen MR) is 83.0 cm³/mol. The van der Waals surface area contributed by atoms with Crippen LogP contribution in [-0.2, 0) is 4.79 Å². The molecule has 2 aromatic heterocycles. The highest BCUT2D eigenvalue weighted by Gasteiger charge is 2.22. The van der Waals surface area contributed by atoms with Gasteiger partial charge in [-0.15, -0.1) is 0 Å². The molecule has 0 N–H and O–H groups in total. The van der Waals surface area contributed by atoms with E-state index >= 15 is 0 Å². The smallest absolute Gasteiger partial charge is 0.235 e. The molecule has 3 aromatic rings. The Labute approximate surface area is 138 Å². The first-order chi connectivity index (χ1) is 11.0. The third-order valence-electron chi connectivity index (χ3n) is 3.18. The molecule has 0 aliphatic rings. The summed E-state index contributed by atoms with van der Waals surface area (Å²) in [7, 11) is 0. The fraction of sp³-hybridized carbons (Fsp3) is 0.125. The molecule has 0 aliphatic heterocycles. The zero-order valence-corrected chi connectivity index (χ0v) is 13.5. The Balaban J connectivity index is 2.27. The highest BCUT2D eigenvalue weighted by atomic mass is 79.9. The number of carboxylic acids is 1. The number of carbonyl (C=O) groups excluding carboxylic acids is 1. The second kappa shape index (κ2) is 5.92. The molecule has 0 radical (unpaired) electrons. The summed E-state index contributed by atoms with van der Waals surface area (Å²) in [5.41, 5.74) is -0.143. The van der Waals surface area contributed by atoms with Crippen molar-refractivity contribution in [1.29, 1.82) is 0 Å². The third kappa shape index (κ3) is 2.87. The number of carbonyl (C=O) groups is 1. The number of ether oxygens (including phenoxy) is 1. The van der Waals surface area contributed by atoms with Crippen LogP contribution < -0.4 is 15.3 Å². The summed E-state index contributed by atoms with van der Waals surface area (Å²) in [4.78, 5) is 23.6. The number of carboxylic acid groups (broad SMARTS) is 1. The van der Waals surface area contributed by atoms with Crippen LogP contribution in [0.15, 0.2) is 54.7 Å². The maximum Gasteiger partial charge on any atom is 0.235 e. The highest BCUT2D eigenvalue weighted by Crippen LogP contribution is 2.33. The summed E-state index contributed by atoms with van der Waals surface area (Å²) < 4.78 is 16.8. The molecule has 1 atom stereocenters.